The van der Waals surface area contributed by atoms with Crippen LogP contribution in [0.4, 0.5) is 0 Å². The lowest BCUT2D eigenvalue weighted by atomic mass is 10.2. The van der Waals surface area contributed by atoms with Crippen LogP contribution in [0.3, 0.4) is 0 Å². The summed E-state index contributed by atoms with van der Waals surface area (Å²) < 4.78 is 22.5. The molecule has 0 radical (unpaired) electrons. The van der Waals surface area contributed by atoms with Gasteiger partial charge in [0.2, 0.25) is 5.75 Å². The van der Waals surface area contributed by atoms with Crippen LogP contribution in [0.15, 0.2) is 36.4 Å². The lowest BCUT2D eigenvalue weighted by Gasteiger charge is -2.16. The van der Waals surface area contributed by atoms with E-state index in [0.717, 1.165) is 19.1 Å². The average molecular weight is 358 g/mol. The smallest absolute Gasteiger partial charge is 0.204 e. The monoisotopic (exact) mass is 358 g/mol. The molecule has 0 heterocycles. The molecule has 2 rings (SSSR count). The molecule has 2 aromatic carbocycles. The number of carbonyl (C=O) groups excluding carboxylic acids is 1. The fraction of sp³-hybridized carbons (Fsp3) is 0.381. The van der Waals surface area contributed by atoms with Gasteiger partial charge in [-0.1, -0.05) is 32.3 Å². The van der Waals surface area contributed by atoms with Gasteiger partial charge in [0.1, 0.15) is 17.8 Å². The first kappa shape index (κ1) is 19.6. The zero-order valence-electron chi connectivity index (χ0n) is 15.6. The summed E-state index contributed by atoms with van der Waals surface area (Å²) in [6, 6.07) is 10.5. The molecule has 0 saturated carbocycles. The third kappa shape index (κ3) is 5.41. The fourth-order valence-corrected chi connectivity index (χ4v) is 2.53. The van der Waals surface area contributed by atoms with Crippen molar-refractivity contribution in [3.63, 3.8) is 0 Å². The quantitative estimate of drug-likeness (QED) is 0.405. The van der Waals surface area contributed by atoms with Crippen molar-refractivity contribution in [1.29, 1.82) is 0 Å². The van der Waals surface area contributed by atoms with E-state index in [-0.39, 0.29) is 0 Å². The summed E-state index contributed by atoms with van der Waals surface area (Å²) in [7, 11) is 3.14. The van der Waals surface area contributed by atoms with Crippen molar-refractivity contribution >= 4 is 6.29 Å². The van der Waals surface area contributed by atoms with Gasteiger partial charge in [-0.15, -0.1) is 0 Å². The van der Waals surface area contributed by atoms with E-state index in [9.17, 15) is 4.79 Å². The van der Waals surface area contributed by atoms with Crippen LogP contribution in [0.25, 0.3) is 0 Å². The molecule has 0 atom stereocenters. The standard InChI is InChI=1S/C21H26O5/c1-4-5-6-7-11-25-21-19(24-3)12-16(15-22)13-20(21)26-18-10-8-9-17(14-18)23-2/h8-10,12-15H,4-7,11H2,1-3H3. The highest BCUT2D eigenvalue weighted by atomic mass is 16.5. The van der Waals surface area contributed by atoms with E-state index in [1.54, 1.807) is 32.4 Å². The molecular formula is C21H26O5. The van der Waals surface area contributed by atoms with Gasteiger partial charge in [0.15, 0.2) is 11.5 Å². The molecule has 0 saturated heterocycles. The number of rotatable bonds is 11. The van der Waals surface area contributed by atoms with Gasteiger partial charge in [-0.25, -0.2) is 0 Å². The third-order valence-electron chi connectivity index (χ3n) is 3.91. The number of aldehydes is 1. The van der Waals surface area contributed by atoms with Crippen molar-refractivity contribution in [1.82, 2.24) is 0 Å². The SMILES string of the molecule is CCCCCCOc1c(OC)cc(C=O)cc1Oc1cccc(OC)c1. The molecule has 0 fully saturated rings. The van der Waals surface area contributed by atoms with Gasteiger partial charge in [0.05, 0.1) is 20.8 Å². The second-order valence-electron chi connectivity index (χ2n) is 5.86. The summed E-state index contributed by atoms with van der Waals surface area (Å²) in [4.78, 5) is 11.3. The molecule has 0 bridgehead atoms. The van der Waals surface area contributed by atoms with Crippen LogP contribution < -0.4 is 18.9 Å². The second-order valence-corrected chi connectivity index (χ2v) is 5.86. The van der Waals surface area contributed by atoms with E-state index in [1.165, 1.54) is 12.8 Å². The number of methoxy groups -OCH3 is 2. The van der Waals surface area contributed by atoms with Gasteiger partial charge >= 0.3 is 0 Å². The Morgan fingerprint density at radius 3 is 2.38 bits per heavy atom. The molecule has 0 N–H and O–H groups in total. The van der Waals surface area contributed by atoms with E-state index in [2.05, 4.69) is 6.92 Å². The van der Waals surface area contributed by atoms with E-state index in [4.69, 9.17) is 18.9 Å². The number of benzene rings is 2. The Labute approximate surface area is 154 Å². The molecular weight excluding hydrogens is 332 g/mol. The predicted molar refractivity (Wildman–Crippen MR) is 101 cm³/mol. The molecule has 5 heteroatoms. The Balaban J connectivity index is 2.26. The first-order chi connectivity index (χ1) is 12.7. The van der Waals surface area contributed by atoms with Gasteiger partial charge in [-0.2, -0.15) is 0 Å². The Kier molecular flexibility index (Phi) is 7.80. The molecule has 0 aliphatic carbocycles. The van der Waals surface area contributed by atoms with Crippen molar-refractivity contribution < 1.29 is 23.7 Å². The molecule has 0 spiro atoms. The maximum absolute atomic E-state index is 11.3. The van der Waals surface area contributed by atoms with Crippen LogP contribution in [-0.2, 0) is 0 Å². The fourth-order valence-electron chi connectivity index (χ4n) is 2.53. The lowest BCUT2D eigenvalue weighted by Crippen LogP contribution is -2.02. The highest BCUT2D eigenvalue weighted by Gasteiger charge is 2.16. The summed E-state index contributed by atoms with van der Waals surface area (Å²) in [5, 5.41) is 0. The van der Waals surface area contributed by atoms with Crippen LogP contribution in [-0.4, -0.2) is 27.1 Å². The third-order valence-corrected chi connectivity index (χ3v) is 3.91. The number of hydrogen-bond donors (Lipinski definition) is 0. The first-order valence-corrected chi connectivity index (χ1v) is 8.83. The highest BCUT2D eigenvalue weighted by Crippen LogP contribution is 2.41. The van der Waals surface area contributed by atoms with Crippen molar-refractivity contribution in [3.05, 3.63) is 42.0 Å². The number of ether oxygens (including phenoxy) is 4. The molecule has 0 unspecified atom stereocenters. The summed E-state index contributed by atoms with van der Waals surface area (Å²) >= 11 is 0. The van der Waals surface area contributed by atoms with Crippen molar-refractivity contribution in [2.24, 2.45) is 0 Å². The van der Waals surface area contributed by atoms with E-state index >= 15 is 0 Å². The summed E-state index contributed by atoms with van der Waals surface area (Å²) in [6.45, 7) is 2.73. The maximum Gasteiger partial charge on any atom is 0.204 e. The molecule has 26 heavy (non-hydrogen) atoms. The molecule has 2 aromatic rings. The van der Waals surface area contributed by atoms with Crippen molar-refractivity contribution in [2.45, 2.75) is 32.6 Å². The van der Waals surface area contributed by atoms with Gasteiger partial charge < -0.3 is 18.9 Å². The second kappa shape index (κ2) is 10.3. The zero-order chi connectivity index (χ0) is 18.8. The normalized spacial score (nSPS) is 10.3. The van der Waals surface area contributed by atoms with Crippen LogP contribution >= 0.6 is 0 Å². The van der Waals surface area contributed by atoms with Crippen LogP contribution in [0.1, 0.15) is 43.0 Å². The van der Waals surface area contributed by atoms with E-state index in [0.29, 0.717) is 40.9 Å². The molecule has 5 nitrogen and oxygen atoms in total. The number of unbranched alkanes of at least 4 members (excludes halogenated alkanes) is 3. The molecule has 0 amide bonds. The molecule has 0 aromatic heterocycles. The number of hydrogen-bond acceptors (Lipinski definition) is 5. The largest absolute Gasteiger partial charge is 0.497 e. The van der Waals surface area contributed by atoms with Gasteiger partial charge in [0, 0.05) is 11.6 Å². The molecule has 0 aliphatic rings. The minimum atomic E-state index is 0.440. The Morgan fingerprint density at radius 2 is 1.69 bits per heavy atom. The lowest BCUT2D eigenvalue weighted by molar-refractivity contribution is 0.112. The average Bonchev–Trinajstić information content (AvgIpc) is 2.68. The summed E-state index contributed by atoms with van der Waals surface area (Å²) in [5.41, 5.74) is 0.457. The summed E-state index contributed by atoms with van der Waals surface area (Å²) in [5.74, 6) is 2.68. The maximum atomic E-state index is 11.3. The first-order valence-electron chi connectivity index (χ1n) is 8.83. The molecule has 0 aliphatic heterocycles. The van der Waals surface area contributed by atoms with Crippen LogP contribution in [0.5, 0.6) is 28.7 Å². The van der Waals surface area contributed by atoms with Gasteiger partial charge in [-0.3, -0.25) is 4.79 Å². The van der Waals surface area contributed by atoms with Gasteiger partial charge in [0.25, 0.3) is 0 Å². The van der Waals surface area contributed by atoms with Crippen molar-refractivity contribution in [3.8, 4) is 28.7 Å². The Bertz CT molecular complexity index is 712. The van der Waals surface area contributed by atoms with Gasteiger partial charge in [-0.05, 0) is 30.7 Å². The Morgan fingerprint density at radius 1 is 0.923 bits per heavy atom. The topological polar surface area (TPSA) is 54.0 Å². The highest BCUT2D eigenvalue weighted by molar-refractivity contribution is 5.78. The van der Waals surface area contributed by atoms with E-state index in [1.807, 2.05) is 18.2 Å². The van der Waals surface area contributed by atoms with Crippen LogP contribution in [0, 0.1) is 0 Å². The summed E-state index contributed by atoms with van der Waals surface area (Å²) in [6.07, 6.45) is 5.16. The number of carbonyl (C=O) groups is 1. The Hall–Kier alpha value is -2.69. The molecule has 140 valence electrons. The van der Waals surface area contributed by atoms with E-state index < -0.39 is 0 Å². The zero-order valence-corrected chi connectivity index (χ0v) is 15.6. The van der Waals surface area contributed by atoms with Crippen molar-refractivity contribution in [2.75, 3.05) is 20.8 Å². The minimum Gasteiger partial charge on any atom is -0.497 e. The van der Waals surface area contributed by atoms with Crippen LogP contribution in [0.2, 0.25) is 0 Å². The minimum absolute atomic E-state index is 0.440. The predicted octanol–water partition coefficient (Wildman–Crippen LogP) is 5.27.